The molecular formula is C29H31N3O2. The Kier molecular flexibility index (Phi) is 6.35. The summed E-state index contributed by atoms with van der Waals surface area (Å²) in [4.78, 5) is 31.8. The molecule has 1 fully saturated rings. The molecule has 2 aliphatic heterocycles. The third-order valence-electron chi connectivity index (χ3n) is 6.99. The fourth-order valence-electron chi connectivity index (χ4n) is 4.92. The van der Waals surface area contributed by atoms with E-state index >= 15 is 0 Å². The molecule has 0 spiro atoms. The number of benzene rings is 3. The molecule has 0 aromatic heterocycles. The average molecular weight is 454 g/mol. The van der Waals surface area contributed by atoms with Crippen molar-refractivity contribution in [2.75, 3.05) is 36.0 Å². The summed E-state index contributed by atoms with van der Waals surface area (Å²) in [6, 6.07) is 24.6. The molecule has 0 saturated carbocycles. The lowest BCUT2D eigenvalue weighted by Crippen LogP contribution is -2.48. The van der Waals surface area contributed by atoms with Crippen molar-refractivity contribution < 1.29 is 9.59 Å². The Morgan fingerprint density at radius 1 is 0.824 bits per heavy atom. The van der Waals surface area contributed by atoms with Gasteiger partial charge in [-0.05, 0) is 59.9 Å². The Labute approximate surface area is 201 Å². The van der Waals surface area contributed by atoms with Crippen LogP contribution in [0, 0.1) is 0 Å². The van der Waals surface area contributed by atoms with Gasteiger partial charge in [-0.25, -0.2) is 0 Å². The summed E-state index contributed by atoms with van der Waals surface area (Å²) in [7, 11) is 0. The van der Waals surface area contributed by atoms with Crippen LogP contribution < -0.4 is 9.80 Å². The topological polar surface area (TPSA) is 43.9 Å². The molecule has 2 aliphatic rings. The van der Waals surface area contributed by atoms with Crippen molar-refractivity contribution in [3.8, 4) is 0 Å². The first-order valence-corrected chi connectivity index (χ1v) is 12.2. The molecule has 34 heavy (non-hydrogen) atoms. The van der Waals surface area contributed by atoms with Crippen molar-refractivity contribution in [2.24, 2.45) is 0 Å². The maximum atomic E-state index is 12.9. The number of amides is 2. The van der Waals surface area contributed by atoms with Crippen molar-refractivity contribution >= 4 is 23.2 Å². The number of hydrogen-bond donors (Lipinski definition) is 0. The lowest BCUT2D eigenvalue weighted by atomic mass is 9.99. The van der Waals surface area contributed by atoms with Crippen LogP contribution in [0.2, 0.25) is 0 Å². The van der Waals surface area contributed by atoms with E-state index in [1.54, 1.807) is 0 Å². The van der Waals surface area contributed by atoms with Gasteiger partial charge < -0.3 is 14.7 Å². The summed E-state index contributed by atoms with van der Waals surface area (Å²) < 4.78 is 0. The number of carbonyl (C=O) groups is 2. The minimum absolute atomic E-state index is 0.114. The molecule has 174 valence electrons. The second-order valence-electron chi connectivity index (χ2n) is 9.11. The number of hydrogen-bond acceptors (Lipinski definition) is 3. The smallest absolute Gasteiger partial charge is 0.253 e. The largest absolute Gasteiger partial charge is 0.368 e. The molecular weight excluding hydrogens is 422 g/mol. The number of rotatable bonds is 5. The first-order chi connectivity index (χ1) is 16.6. The maximum absolute atomic E-state index is 12.9. The molecule has 0 bridgehead atoms. The number of fused-ring (bicyclic) bond motifs is 1. The second kappa shape index (κ2) is 9.72. The lowest BCUT2D eigenvalue weighted by molar-refractivity contribution is -0.119. The molecule has 5 rings (SSSR count). The molecule has 0 N–H and O–H groups in total. The Bertz CT molecular complexity index is 1170. The Hall–Kier alpha value is -3.60. The zero-order valence-corrected chi connectivity index (χ0v) is 19.7. The highest BCUT2D eigenvalue weighted by molar-refractivity contribution is 5.97. The van der Waals surface area contributed by atoms with Crippen LogP contribution in [0.5, 0.6) is 0 Å². The van der Waals surface area contributed by atoms with Crippen molar-refractivity contribution in [1.29, 1.82) is 0 Å². The fourth-order valence-corrected chi connectivity index (χ4v) is 4.92. The summed E-state index contributed by atoms with van der Waals surface area (Å²) >= 11 is 0. The number of nitrogens with zero attached hydrogens (tertiary/aromatic N) is 3. The van der Waals surface area contributed by atoms with Crippen LogP contribution in [0.1, 0.15) is 40.4 Å². The molecule has 2 amide bonds. The molecule has 0 aliphatic carbocycles. The predicted molar refractivity (Wildman–Crippen MR) is 136 cm³/mol. The SMILES string of the molecule is CCc1ccc(C(=O)N2CCN(c3ccc4c(c3)CCC(=O)N4Cc3ccccc3)CC2)cc1. The highest BCUT2D eigenvalue weighted by Gasteiger charge is 2.27. The molecule has 1 saturated heterocycles. The van der Waals surface area contributed by atoms with E-state index in [-0.39, 0.29) is 11.8 Å². The summed E-state index contributed by atoms with van der Waals surface area (Å²) in [5.74, 6) is 0.297. The van der Waals surface area contributed by atoms with Gasteiger partial charge in [-0.1, -0.05) is 49.4 Å². The van der Waals surface area contributed by atoms with Crippen LogP contribution in [0.15, 0.2) is 72.8 Å². The van der Waals surface area contributed by atoms with Crippen LogP contribution in [-0.2, 0) is 24.2 Å². The van der Waals surface area contributed by atoms with E-state index in [1.807, 2.05) is 52.3 Å². The summed E-state index contributed by atoms with van der Waals surface area (Å²) in [6.07, 6.45) is 2.30. The summed E-state index contributed by atoms with van der Waals surface area (Å²) in [5, 5.41) is 0. The zero-order valence-electron chi connectivity index (χ0n) is 19.7. The van der Waals surface area contributed by atoms with Crippen LogP contribution >= 0.6 is 0 Å². The summed E-state index contributed by atoms with van der Waals surface area (Å²) in [6.45, 7) is 5.77. The molecule has 3 aromatic rings. The van der Waals surface area contributed by atoms with Gasteiger partial charge in [0.2, 0.25) is 5.91 Å². The first-order valence-electron chi connectivity index (χ1n) is 12.2. The van der Waals surface area contributed by atoms with Crippen molar-refractivity contribution in [3.63, 3.8) is 0 Å². The Morgan fingerprint density at radius 3 is 2.26 bits per heavy atom. The van der Waals surface area contributed by atoms with Crippen molar-refractivity contribution in [2.45, 2.75) is 32.7 Å². The van der Waals surface area contributed by atoms with Crippen LogP contribution in [0.4, 0.5) is 11.4 Å². The minimum atomic E-state index is 0.114. The van der Waals surface area contributed by atoms with Gasteiger partial charge in [0.1, 0.15) is 0 Å². The average Bonchev–Trinajstić information content (AvgIpc) is 2.90. The quantitative estimate of drug-likeness (QED) is 0.563. The number of carbonyl (C=O) groups excluding carboxylic acids is 2. The van der Waals surface area contributed by atoms with E-state index in [4.69, 9.17) is 0 Å². The first kappa shape index (κ1) is 22.2. The maximum Gasteiger partial charge on any atom is 0.253 e. The van der Waals surface area contributed by atoms with Gasteiger partial charge in [0, 0.05) is 49.5 Å². The molecule has 3 aromatic carbocycles. The lowest BCUT2D eigenvalue weighted by Gasteiger charge is -2.37. The van der Waals surface area contributed by atoms with Crippen molar-refractivity contribution in [3.05, 3.63) is 95.1 Å². The van der Waals surface area contributed by atoms with Gasteiger partial charge in [-0.15, -0.1) is 0 Å². The van der Waals surface area contributed by atoms with Crippen LogP contribution in [0.25, 0.3) is 0 Å². The highest BCUT2D eigenvalue weighted by Crippen LogP contribution is 2.33. The molecule has 0 radical (unpaired) electrons. The fraction of sp³-hybridized carbons (Fsp3) is 0.310. The Morgan fingerprint density at radius 2 is 1.56 bits per heavy atom. The number of piperazine rings is 1. The molecule has 2 heterocycles. The van der Waals surface area contributed by atoms with Crippen LogP contribution in [-0.4, -0.2) is 42.9 Å². The van der Waals surface area contributed by atoms with E-state index in [1.165, 1.54) is 16.8 Å². The van der Waals surface area contributed by atoms with E-state index in [9.17, 15) is 9.59 Å². The van der Waals surface area contributed by atoms with Crippen molar-refractivity contribution in [1.82, 2.24) is 4.90 Å². The molecule has 5 nitrogen and oxygen atoms in total. The van der Waals surface area contributed by atoms with E-state index in [2.05, 4.69) is 42.2 Å². The highest BCUT2D eigenvalue weighted by atomic mass is 16.2. The van der Waals surface area contributed by atoms with E-state index < -0.39 is 0 Å². The van der Waals surface area contributed by atoms with Gasteiger partial charge in [-0.3, -0.25) is 9.59 Å². The predicted octanol–water partition coefficient (Wildman–Crippen LogP) is 4.69. The van der Waals surface area contributed by atoms with E-state index in [0.29, 0.717) is 26.1 Å². The zero-order chi connectivity index (χ0) is 23.5. The normalized spacial score (nSPS) is 15.9. The number of anilines is 2. The van der Waals surface area contributed by atoms with E-state index in [0.717, 1.165) is 42.7 Å². The monoisotopic (exact) mass is 453 g/mol. The molecule has 0 atom stereocenters. The Balaban J connectivity index is 1.26. The second-order valence-corrected chi connectivity index (χ2v) is 9.11. The van der Waals surface area contributed by atoms with Gasteiger partial charge in [0.05, 0.1) is 6.54 Å². The summed E-state index contributed by atoms with van der Waals surface area (Å²) in [5.41, 5.74) is 6.57. The van der Waals surface area contributed by atoms with Gasteiger partial charge in [-0.2, -0.15) is 0 Å². The molecule has 0 unspecified atom stereocenters. The standard InChI is InChI=1S/C29H31N3O2/c1-2-22-8-10-24(11-9-22)29(34)31-18-16-30(17-19-31)26-13-14-27-25(20-26)12-15-28(33)32(27)21-23-6-4-3-5-7-23/h3-11,13-14,20H,2,12,15-19,21H2,1H3. The third kappa shape index (κ3) is 4.56. The van der Waals surface area contributed by atoms with Gasteiger partial charge in [0.25, 0.3) is 5.91 Å². The van der Waals surface area contributed by atoms with Crippen LogP contribution in [0.3, 0.4) is 0 Å². The molecule has 5 heteroatoms. The van der Waals surface area contributed by atoms with Gasteiger partial charge in [0.15, 0.2) is 0 Å². The third-order valence-corrected chi connectivity index (χ3v) is 6.99. The number of aryl methyl sites for hydroxylation is 2. The minimum Gasteiger partial charge on any atom is -0.368 e. The van der Waals surface area contributed by atoms with Gasteiger partial charge >= 0.3 is 0 Å².